The van der Waals surface area contributed by atoms with Crippen LogP contribution in [-0.2, 0) is 0 Å². The highest BCUT2D eigenvalue weighted by atomic mass is 16.2. The van der Waals surface area contributed by atoms with Gasteiger partial charge in [0.05, 0.1) is 0 Å². The predicted octanol–water partition coefficient (Wildman–Crippen LogP) is 5.93. The van der Waals surface area contributed by atoms with Gasteiger partial charge in [-0.25, -0.2) is 9.78 Å². The quantitative estimate of drug-likeness (QED) is 0.360. The van der Waals surface area contributed by atoms with Gasteiger partial charge in [-0.05, 0) is 66.9 Å². The molecular formula is C26H26N6O. The number of anilines is 5. The highest BCUT2D eigenvalue weighted by Crippen LogP contribution is 2.23. The fourth-order valence-electron chi connectivity index (χ4n) is 4.04. The van der Waals surface area contributed by atoms with E-state index in [0.717, 1.165) is 46.7 Å². The van der Waals surface area contributed by atoms with Crippen LogP contribution < -0.4 is 20.9 Å². The lowest BCUT2D eigenvalue weighted by molar-refractivity contribution is 0.262. The van der Waals surface area contributed by atoms with Gasteiger partial charge in [-0.15, -0.1) is 0 Å². The number of carbonyl (C=O) groups excluding carboxylic acids is 1. The molecule has 2 amide bonds. The first kappa shape index (κ1) is 20.8. The zero-order chi connectivity index (χ0) is 22.6. The molecule has 0 unspecified atom stereocenters. The molecule has 7 nitrogen and oxygen atoms in total. The molecule has 1 aliphatic rings. The van der Waals surface area contributed by atoms with Crippen molar-refractivity contribution in [1.29, 1.82) is 0 Å². The molecule has 1 aliphatic heterocycles. The molecule has 4 aromatic rings. The van der Waals surface area contributed by atoms with E-state index in [1.807, 2.05) is 79.7 Å². The maximum atomic E-state index is 12.4. The van der Waals surface area contributed by atoms with Gasteiger partial charge in [0, 0.05) is 41.9 Å². The molecule has 0 bridgehead atoms. The number of benzene rings is 3. The number of urea groups is 1. The molecule has 1 fully saturated rings. The van der Waals surface area contributed by atoms with E-state index in [1.54, 1.807) is 0 Å². The second-order valence-electron chi connectivity index (χ2n) is 8.23. The summed E-state index contributed by atoms with van der Waals surface area (Å²) >= 11 is 0. The molecule has 0 atom stereocenters. The van der Waals surface area contributed by atoms with E-state index in [1.165, 1.54) is 12.8 Å². The Morgan fingerprint density at radius 1 is 0.788 bits per heavy atom. The average molecular weight is 439 g/mol. The normalized spacial score (nSPS) is 13.2. The van der Waals surface area contributed by atoms with E-state index < -0.39 is 0 Å². The Hall–Kier alpha value is -4.13. The summed E-state index contributed by atoms with van der Waals surface area (Å²) in [6.45, 7) is 4.06. The lowest BCUT2D eigenvalue weighted by Crippen LogP contribution is -2.20. The zero-order valence-corrected chi connectivity index (χ0v) is 18.5. The van der Waals surface area contributed by atoms with Gasteiger partial charge in [0.25, 0.3) is 0 Å². The minimum Gasteiger partial charge on any atom is -0.356 e. The van der Waals surface area contributed by atoms with Crippen LogP contribution in [0.25, 0.3) is 10.8 Å². The van der Waals surface area contributed by atoms with Crippen molar-refractivity contribution in [3.05, 3.63) is 78.5 Å². The predicted molar refractivity (Wildman–Crippen MR) is 135 cm³/mol. The molecular weight excluding hydrogens is 412 g/mol. The summed E-state index contributed by atoms with van der Waals surface area (Å²) < 4.78 is 0. The van der Waals surface area contributed by atoms with Crippen molar-refractivity contribution in [1.82, 2.24) is 9.97 Å². The third kappa shape index (κ3) is 5.03. The van der Waals surface area contributed by atoms with Crippen molar-refractivity contribution in [3.8, 4) is 0 Å². The van der Waals surface area contributed by atoms with Crippen molar-refractivity contribution in [2.24, 2.45) is 0 Å². The molecule has 5 rings (SSSR count). The molecule has 33 heavy (non-hydrogen) atoms. The summed E-state index contributed by atoms with van der Waals surface area (Å²) in [5.74, 6) is 1.54. The largest absolute Gasteiger partial charge is 0.356 e. The van der Waals surface area contributed by atoms with E-state index in [9.17, 15) is 4.79 Å². The summed E-state index contributed by atoms with van der Waals surface area (Å²) in [5, 5.41) is 11.2. The number of carbonyl (C=O) groups is 1. The van der Waals surface area contributed by atoms with E-state index >= 15 is 0 Å². The lowest BCUT2D eigenvalue weighted by Gasteiger charge is -2.17. The maximum Gasteiger partial charge on any atom is 0.323 e. The molecule has 3 aromatic carbocycles. The first-order valence-electron chi connectivity index (χ1n) is 11.2. The maximum absolute atomic E-state index is 12.4. The second-order valence-corrected chi connectivity index (χ2v) is 8.23. The van der Waals surface area contributed by atoms with Gasteiger partial charge < -0.3 is 20.9 Å². The molecule has 0 aliphatic carbocycles. The molecule has 166 valence electrons. The topological polar surface area (TPSA) is 82.2 Å². The van der Waals surface area contributed by atoms with Crippen LogP contribution in [0.2, 0.25) is 0 Å². The van der Waals surface area contributed by atoms with Crippen LogP contribution >= 0.6 is 0 Å². The number of hydrogen-bond donors (Lipinski definition) is 3. The fourth-order valence-corrected chi connectivity index (χ4v) is 4.04. The SMILES string of the molecule is Cc1cc(N2CCCC2)nc(Nc2ccc(NC(=O)Nc3ccc4ccccc4c3)cc2)n1. The molecule has 0 radical (unpaired) electrons. The Kier molecular flexibility index (Phi) is 5.76. The smallest absolute Gasteiger partial charge is 0.323 e. The minimum absolute atomic E-state index is 0.289. The van der Waals surface area contributed by atoms with Crippen molar-refractivity contribution in [3.63, 3.8) is 0 Å². The molecule has 0 saturated carbocycles. The average Bonchev–Trinajstić information content (AvgIpc) is 3.35. The molecule has 2 heterocycles. The number of aromatic nitrogens is 2. The summed E-state index contributed by atoms with van der Waals surface area (Å²) in [6.07, 6.45) is 2.41. The van der Waals surface area contributed by atoms with E-state index in [0.29, 0.717) is 11.6 Å². The number of hydrogen-bond acceptors (Lipinski definition) is 5. The third-order valence-electron chi connectivity index (χ3n) is 5.68. The summed E-state index contributed by atoms with van der Waals surface area (Å²) in [7, 11) is 0. The monoisotopic (exact) mass is 438 g/mol. The van der Waals surface area contributed by atoms with Gasteiger partial charge in [-0.1, -0.05) is 30.3 Å². The Balaban J connectivity index is 1.21. The van der Waals surface area contributed by atoms with Crippen LogP contribution in [0.3, 0.4) is 0 Å². The Morgan fingerprint density at radius 2 is 1.45 bits per heavy atom. The van der Waals surface area contributed by atoms with Crippen molar-refractivity contribution >= 4 is 45.6 Å². The second kappa shape index (κ2) is 9.16. The van der Waals surface area contributed by atoms with Crippen LogP contribution in [0.4, 0.5) is 33.6 Å². The van der Waals surface area contributed by atoms with Crippen molar-refractivity contribution < 1.29 is 4.79 Å². The highest BCUT2D eigenvalue weighted by Gasteiger charge is 2.15. The number of amides is 2. The van der Waals surface area contributed by atoms with E-state index in [-0.39, 0.29) is 6.03 Å². The van der Waals surface area contributed by atoms with Crippen molar-refractivity contribution in [2.45, 2.75) is 19.8 Å². The van der Waals surface area contributed by atoms with Crippen LogP contribution in [0.5, 0.6) is 0 Å². The molecule has 7 heteroatoms. The molecule has 1 aromatic heterocycles. The Labute approximate surface area is 192 Å². The third-order valence-corrected chi connectivity index (χ3v) is 5.68. The lowest BCUT2D eigenvalue weighted by atomic mass is 10.1. The minimum atomic E-state index is -0.289. The summed E-state index contributed by atoms with van der Waals surface area (Å²) in [5.41, 5.74) is 3.23. The fraction of sp³-hybridized carbons (Fsp3) is 0.192. The first-order valence-corrected chi connectivity index (χ1v) is 11.2. The number of rotatable bonds is 5. The molecule has 0 spiro atoms. The Morgan fingerprint density at radius 3 is 2.24 bits per heavy atom. The summed E-state index contributed by atoms with van der Waals surface area (Å²) in [4.78, 5) is 23.9. The van der Waals surface area contributed by atoms with Gasteiger partial charge in [0.1, 0.15) is 5.82 Å². The number of nitrogens with one attached hydrogen (secondary N) is 3. The van der Waals surface area contributed by atoms with Crippen molar-refractivity contribution in [2.75, 3.05) is 33.9 Å². The van der Waals surface area contributed by atoms with Crippen LogP contribution in [0.15, 0.2) is 72.8 Å². The Bertz CT molecular complexity index is 1280. The van der Waals surface area contributed by atoms with Crippen LogP contribution in [0.1, 0.15) is 18.5 Å². The molecule has 1 saturated heterocycles. The van der Waals surface area contributed by atoms with Gasteiger partial charge in [0.15, 0.2) is 0 Å². The number of nitrogens with zero attached hydrogens (tertiary/aromatic N) is 3. The highest BCUT2D eigenvalue weighted by molar-refractivity contribution is 6.01. The standard InChI is InChI=1S/C26H26N6O/c1-18-16-24(32-14-4-5-15-32)31-25(27-18)28-21-10-12-22(13-11-21)29-26(33)30-23-9-8-19-6-2-3-7-20(19)17-23/h2-3,6-13,16-17H,4-5,14-15H2,1H3,(H,27,28,31)(H2,29,30,33). The van der Waals surface area contributed by atoms with E-state index in [2.05, 4.69) is 30.8 Å². The first-order chi connectivity index (χ1) is 16.1. The van der Waals surface area contributed by atoms with Crippen LogP contribution in [-0.4, -0.2) is 29.1 Å². The summed E-state index contributed by atoms with van der Waals surface area (Å²) in [6, 6.07) is 23.1. The number of fused-ring (bicyclic) bond motifs is 1. The van der Waals surface area contributed by atoms with Gasteiger partial charge in [-0.2, -0.15) is 4.98 Å². The number of aryl methyl sites for hydroxylation is 1. The van der Waals surface area contributed by atoms with Gasteiger partial charge in [0.2, 0.25) is 5.95 Å². The molecule has 3 N–H and O–H groups in total. The van der Waals surface area contributed by atoms with Gasteiger partial charge in [-0.3, -0.25) is 0 Å². The van der Waals surface area contributed by atoms with Crippen LogP contribution in [0, 0.1) is 6.92 Å². The van der Waals surface area contributed by atoms with Gasteiger partial charge >= 0.3 is 6.03 Å². The van der Waals surface area contributed by atoms with E-state index in [4.69, 9.17) is 0 Å². The zero-order valence-electron chi connectivity index (χ0n) is 18.5.